The summed E-state index contributed by atoms with van der Waals surface area (Å²) in [5.74, 6) is -0.624. The number of rotatable bonds is 3. The molecular formula is C17H18ClF3N2O3S2. The zero-order valence-electron chi connectivity index (χ0n) is 15.0. The van der Waals surface area contributed by atoms with Gasteiger partial charge in [0.1, 0.15) is 0 Å². The quantitative estimate of drug-likeness (QED) is 0.690. The SMILES string of the molecule is CC(C)CC(=O)N=C1S[C@@H]2CS(=O)(=O)C[C@H]2N1c1ccc(Cl)c(C(F)(F)F)c1. The Balaban J connectivity index is 2.05. The van der Waals surface area contributed by atoms with Gasteiger partial charge in [0.05, 0.1) is 28.1 Å². The lowest BCUT2D eigenvalue weighted by Crippen LogP contribution is -2.38. The highest BCUT2D eigenvalue weighted by Crippen LogP contribution is 2.43. The van der Waals surface area contributed by atoms with Crippen molar-refractivity contribution in [2.75, 3.05) is 16.4 Å². The van der Waals surface area contributed by atoms with Crippen molar-refractivity contribution >= 4 is 50.0 Å². The lowest BCUT2D eigenvalue weighted by Gasteiger charge is -2.25. The van der Waals surface area contributed by atoms with Gasteiger partial charge in [-0.25, -0.2) is 8.42 Å². The summed E-state index contributed by atoms with van der Waals surface area (Å²) < 4.78 is 63.9. The zero-order chi connectivity index (χ0) is 20.9. The number of aliphatic imine (C=N–C) groups is 1. The van der Waals surface area contributed by atoms with Gasteiger partial charge in [-0.15, -0.1) is 0 Å². The molecule has 2 fully saturated rings. The van der Waals surface area contributed by atoms with Crippen molar-refractivity contribution in [1.29, 1.82) is 0 Å². The van der Waals surface area contributed by atoms with Gasteiger partial charge in [0.25, 0.3) is 0 Å². The topological polar surface area (TPSA) is 66.8 Å². The fraction of sp³-hybridized carbons (Fsp3) is 0.529. The monoisotopic (exact) mass is 454 g/mol. The molecule has 0 N–H and O–H groups in total. The molecule has 1 aromatic rings. The number of hydrogen-bond donors (Lipinski definition) is 0. The van der Waals surface area contributed by atoms with Crippen LogP contribution >= 0.6 is 23.4 Å². The predicted molar refractivity (Wildman–Crippen MR) is 105 cm³/mol. The van der Waals surface area contributed by atoms with E-state index < -0.39 is 38.5 Å². The van der Waals surface area contributed by atoms with E-state index >= 15 is 0 Å². The first kappa shape index (κ1) is 21.4. The molecule has 11 heteroatoms. The van der Waals surface area contributed by atoms with E-state index in [9.17, 15) is 26.4 Å². The maximum absolute atomic E-state index is 13.3. The van der Waals surface area contributed by atoms with E-state index in [4.69, 9.17) is 11.6 Å². The minimum Gasteiger partial charge on any atom is -0.316 e. The van der Waals surface area contributed by atoms with Crippen molar-refractivity contribution in [3.8, 4) is 0 Å². The highest BCUT2D eigenvalue weighted by Gasteiger charge is 2.49. The van der Waals surface area contributed by atoms with Crippen LogP contribution in [-0.4, -0.2) is 42.3 Å². The Hall–Kier alpha value is -1.26. The van der Waals surface area contributed by atoms with Crippen LogP contribution in [0.15, 0.2) is 23.2 Å². The number of sulfone groups is 1. The summed E-state index contributed by atoms with van der Waals surface area (Å²) in [6, 6.07) is 2.80. The van der Waals surface area contributed by atoms with Crippen LogP contribution in [-0.2, 0) is 20.8 Å². The van der Waals surface area contributed by atoms with E-state index in [1.54, 1.807) is 0 Å². The number of carbonyl (C=O) groups is 1. The Labute approximate surface area is 170 Å². The zero-order valence-corrected chi connectivity index (χ0v) is 17.4. The van der Waals surface area contributed by atoms with Crippen molar-refractivity contribution in [3.05, 3.63) is 28.8 Å². The summed E-state index contributed by atoms with van der Waals surface area (Å²) in [4.78, 5) is 17.7. The molecular weight excluding hydrogens is 437 g/mol. The van der Waals surface area contributed by atoms with Crippen LogP contribution in [0.4, 0.5) is 18.9 Å². The molecule has 1 aromatic carbocycles. The number of thioether (sulfide) groups is 1. The molecule has 0 unspecified atom stereocenters. The highest BCUT2D eigenvalue weighted by molar-refractivity contribution is 8.16. The molecule has 3 rings (SSSR count). The van der Waals surface area contributed by atoms with E-state index in [1.165, 1.54) is 11.0 Å². The molecule has 2 aliphatic rings. The van der Waals surface area contributed by atoms with Crippen LogP contribution < -0.4 is 4.90 Å². The van der Waals surface area contributed by atoms with E-state index in [-0.39, 0.29) is 39.9 Å². The van der Waals surface area contributed by atoms with Crippen LogP contribution in [0.3, 0.4) is 0 Å². The molecule has 5 nitrogen and oxygen atoms in total. The van der Waals surface area contributed by atoms with Gasteiger partial charge >= 0.3 is 6.18 Å². The molecule has 2 heterocycles. The molecule has 0 saturated carbocycles. The molecule has 2 aliphatic heterocycles. The summed E-state index contributed by atoms with van der Waals surface area (Å²) in [6.45, 7) is 3.71. The molecule has 2 saturated heterocycles. The second-order valence-corrected chi connectivity index (χ2v) is 11.0. The third-order valence-electron chi connectivity index (χ3n) is 4.40. The number of anilines is 1. The lowest BCUT2D eigenvalue weighted by molar-refractivity contribution is -0.137. The summed E-state index contributed by atoms with van der Waals surface area (Å²) >= 11 is 6.82. The maximum atomic E-state index is 13.3. The molecule has 1 amide bonds. The summed E-state index contributed by atoms with van der Waals surface area (Å²) in [7, 11) is -3.31. The Morgan fingerprint density at radius 3 is 2.64 bits per heavy atom. The number of fused-ring (bicyclic) bond motifs is 1. The van der Waals surface area contributed by atoms with Gasteiger partial charge in [-0.2, -0.15) is 18.2 Å². The van der Waals surface area contributed by atoms with Gasteiger partial charge < -0.3 is 4.90 Å². The summed E-state index contributed by atoms with van der Waals surface area (Å²) in [6.07, 6.45) is -4.47. The molecule has 0 radical (unpaired) electrons. The summed E-state index contributed by atoms with van der Waals surface area (Å²) in [5.41, 5.74) is -0.904. The van der Waals surface area contributed by atoms with Crippen molar-refractivity contribution in [1.82, 2.24) is 0 Å². The minimum atomic E-state index is -4.66. The fourth-order valence-electron chi connectivity index (χ4n) is 3.25. The molecule has 0 bridgehead atoms. The number of benzene rings is 1. The van der Waals surface area contributed by atoms with Crippen molar-refractivity contribution < 1.29 is 26.4 Å². The van der Waals surface area contributed by atoms with Gasteiger partial charge in [-0.05, 0) is 24.1 Å². The average Bonchev–Trinajstić information content (AvgIpc) is 2.97. The maximum Gasteiger partial charge on any atom is 0.417 e. The van der Waals surface area contributed by atoms with Crippen molar-refractivity contribution in [2.45, 2.75) is 37.7 Å². The first-order valence-electron chi connectivity index (χ1n) is 8.52. The summed E-state index contributed by atoms with van der Waals surface area (Å²) in [5, 5.41) is -0.611. The molecule has 0 aromatic heterocycles. The van der Waals surface area contributed by atoms with Crippen LogP contribution in [0.1, 0.15) is 25.8 Å². The lowest BCUT2D eigenvalue weighted by atomic mass is 10.1. The molecule has 2 atom stereocenters. The second kappa shape index (κ2) is 7.53. The van der Waals surface area contributed by atoms with Crippen molar-refractivity contribution in [3.63, 3.8) is 0 Å². The highest BCUT2D eigenvalue weighted by atomic mass is 35.5. The Morgan fingerprint density at radius 2 is 2.04 bits per heavy atom. The van der Waals surface area contributed by atoms with E-state index in [0.29, 0.717) is 0 Å². The number of amidine groups is 1. The first-order chi connectivity index (χ1) is 12.9. The Kier molecular flexibility index (Phi) is 5.77. The second-order valence-electron chi connectivity index (χ2n) is 7.22. The number of halogens is 4. The van der Waals surface area contributed by atoms with Gasteiger partial charge in [0.2, 0.25) is 5.91 Å². The minimum absolute atomic E-state index is 0.0731. The van der Waals surface area contributed by atoms with Gasteiger partial charge in [0.15, 0.2) is 15.0 Å². The molecule has 28 heavy (non-hydrogen) atoms. The van der Waals surface area contributed by atoms with Gasteiger partial charge in [-0.3, -0.25) is 4.79 Å². The Morgan fingerprint density at radius 1 is 1.36 bits per heavy atom. The number of amides is 1. The standard InChI is InChI=1S/C17H18ClF3N2O3S2/c1-9(2)5-15(24)22-16-23(13-7-28(25,26)8-14(13)27-16)10-3-4-12(18)11(6-10)17(19,20)21/h3-4,6,9,13-14H,5,7-8H2,1-2H3/t13-,14-/m1/s1. The molecule has 154 valence electrons. The molecule has 0 aliphatic carbocycles. The van der Waals surface area contributed by atoms with E-state index in [1.807, 2.05) is 13.8 Å². The van der Waals surface area contributed by atoms with Crippen molar-refractivity contribution in [2.24, 2.45) is 10.9 Å². The van der Waals surface area contributed by atoms with E-state index in [0.717, 1.165) is 23.9 Å². The van der Waals surface area contributed by atoms with Crippen LogP contribution in [0, 0.1) is 5.92 Å². The van der Waals surface area contributed by atoms with E-state index in [2.05, 4.69) is 4.99 Å². The van der Waals surface area contributed by atoms with Crippen LogP contribution in [0.5, 0.6) is 0 Å². The third-order valence-corrected chi connectivity index (χ3v) is 7.94. The predicted octanol–water partition coefficient (Wildman–Crippen LogP) is 4.01. The van der Waals surface area contributed by atoms with Crippen LogP contribution in [0.25, 0.3) is 0 Å². The molecule has 0 spiro atoms. The Bertz CT molecular complexity index is 932. The largest absolute Gasteiger partial charge is 0.417 e. The van der Waals surface area contributed by atoms with Gasteiger partial charge in [0, 0.05) is 17.4 Å². The number of alkyl halides is 3. The normalized spacial score (nSPS) is 25.5. The van der Waals surface area contributed by atoms with Crippen LogP contribution in [0.2, 0.25) is 5.02 Å². The number of nitrogens with zero attached hydrogens (tertiary/aromatic N) is 2. The average molecular weight is 455 g/mol. The first-order valence-corrected chi connectivity index (χ1v) is 11.6. The third kappa shape index (κ3) is 4.49. The smallest absolute Gasteiger partial charge is 0.316 e. The fourth-order valence-corrected chi connectivity index (χ4v) is 7.40. The number of carbonyl (C=O) groups excluding carboxylic acids is 1. The van der Waals surface area contributed by atoms with Gasteiger partial charge in [-0.1, -0.05) is 37.2 Å². The number of hydrogen-bond acceptors (Lipinski definition) is 4.